The fourth-order valence-electron chi connectivity index (χ4n) is 1.41. The Morgan fingerprint density at radius 3 is 2.59 bits per heavy atom. The molecule has 0 aliphatic heterocycles. The lowest BCUT2D eigenvalue weighted by atomic mass is 10.0. The van der Waals surface area contributed by atoms with E-state index in [2.05, 4.69) is 34.1 Å². The number of hydrogen-bond acceptors (Lipinski definition) is 7. The van der Waals surface area contributed by atoms with Crippen LogP contribution in [0.2, 0.25) is 0 Å². The summed E-state index contributed by atoms with van der Waals surface area (Å²) in [5.74, 6) is 0.804. The number of nitrogen functional groups attached to an aromatic ring is 1. The van der Waals surface area contributed by atoms with E-state index in [1.165, 1.54) is 7.11 Å². The lowest BCUT2D eigenvalue weighted by Gasteiger charge is -2.21. The molecule has 0 amide bonds. The molecule has 0 saturated heterocycles. The topological polar surface area (TPSA) is 106 Å². The van der Waals surface area contributed by atoms with Crippen LogP contribution in [0.25, 0.3) is 0 Å². The lowest BCUT2D eigenvalue weighted by Crippen LogP contribution is -2.28. The van der Waals surface area contributed by atoms with Crippen LogP contribution in [0.3, 0.4) is 0 Å². The highest BCUT2D eigenvalue weighted by Crippen LogP contribution is 2.14. The Kier molecular flexibility index (Phi) is 4.89. The van der Waals surface area contributed by atoms with E-state index in [9.17, 15) is 0 Å². The van der Waals surface area contributed by atoms with Gasteiger partial charge in [0.05, 0.1) is 7.11 Å². The van der Waals surface area contributed by atoms with E-state index in [1.54, 1.807) is 0 Å². The molecule has 0 fully saturated rings. The maximum absolute atomic E-state index is 8.98. The van der Waals surface area contributed by atoms with Gasteiger partial charge >= 0.3 is 6.01 Å². The summed E-state index contributed by atoms with van der Waals surface area (Å²) >= 11 is 0. The summed E-state index contributed by atoms with van der Waals surface area (Å²) in [6.45, 7) is 4.21. The van der Waals surface area contributed by atoms with Gasteiger partial charge in [0.1, 0.15) is 0 Å². The highest BCUT2D eigenvalue weighted by molar-refractivity contribution is 5.33. The van der Waals surface area contributed by atoms with Gasteiger partial charge in [-0.3, -0.25) is 0 Å². The molecule has 1 heterocycles. The minimum Gasteiger partial charge on any atom is -0.467 e. The van der Waals surface area contributed by atoms with Crippen LogP contribution in [0.5, 0.6) is 6.01 Å². The lowest BCUT2D eigenvalue weighted by molar-refractivity contribution is 0.267. The van der Waals surface area contributed by atoms with Crippen molar-refractivity contribution in [3.8, 4) is 6.01 Å². The Labute approximate surface area is 100 Å². The van der Waals surface area contributed by atoms with Gasteiger partial charge in [-0.15, -0.1) is 0 Å². The van der Waals surface area contributed by atoms with Crippen molar-refractivity contribution < 1.29 is 9.84 Å². The van der Waals surface area contributed by atoms with Gasteiger partial charge in [0.2, 0.25) is 11.9 Å². The van der Waals surface area contributed by atoms with Crippen LogP contribution in [-0.2, 0) is 0 Å². The van der Waals surface area contributed by atoms with Crippen LogP contribution >= 0.6 is 0 Å². The fraction of sp³-hybridized carbons (Fsp3) is 0.700. The fourth-order valence-corrected chi connectivity index (χ4v) is 1.41. The number of aliphatic hydroxyl groups excluding tert-OH is 1. The van der Waals surface area contributed by atoms with Crippen LogP contribution in [-0.4, -0.2) is 39.8 Å². The highest BCUT2D eigenvalue weighted by Gasteiger charge is 2.15. The molecular formula is C10H19N5O2. The Bertz CT molecular complexity index is 359. The monoisotopic (exact) mass is 241 g/mol. The van der Waals surface area contributed by atoms with E-state index in [4.69, 9.17) is 15.6 Å². The van der Waals surface area contributed by atoms with E-state index in [0.29, 0.717) is 18.3 Å². The summed E-state index contributed by atoms with van der Waals surface area (Å²) in [6.07, 6.45) is 0.617. The maximum Gasteiger partial charge on any atom is 0.322 e. The van der Waals surface area contributed by atoms with Gasteiger partial charge in [0.25, 0.3) is 0 Å². The first-order valence-corrected chi connectivity index (χ1v) is 5.49. The zero-order valence-corrected chi connectivity index (χ0v) is 10.3. The van der Waals surface area contributed by atoms with Crippen LogP contribution in [0, 0.1) is 5.92 Å². The number of hydrogen-bond donors (Lipinski definition) is 3. The molecule has 1 rings (SSSR count). The Morgan fingerprint density at radius 1 is 1.35 bits per heavy atom. The number of anilines is 2. The van der Waals surface area contributed by atoms with Crippen molar-refractivity contribution in [2.24, 2.45) is 5.92 Å². The Morgan fingerprint density at radius 2 is 2.06 bits per heavy atom. The number of nitrogens with zero attached hydrogens (tertiary/aromatic N) is 3. The van der Waals surface area contributed by atoms with E-state index in [0.717, 1.165) is 0 Å². The maximum atomic E-state index is 8.98. The minimum atomic E-state index is 0.0755. The molecule has 0 radical (unpaired) electrons. The van der Waals surface area contributed by atoms with E-state index in [-0.39, 0.29) is 24.6 Å². The molecule has 7 nitrogen and oxygen atoms in total. The highest BCUT2D eigenvalue weighted by atomic mass is 16.5. The molecule has 1 atom stereocenters. The summed E-state index contributed by atoms with van der Waals surface area (Å²) in [5.41, 5.74) is 5.53. The van der Waals surface area contributed by atoms with Crippen LogP contribution < -0.4 is 15.8 Å². The average molecular weight is 241 g/mol. The smallest absolute Gasteiger partial charge is 0.322 e. The summed E-state index contributed by atoms with van der Waals surface area (Å²) in [6, 6.07) is 0.248. The van der Waals surface area contributed by atoms with Crippen molar-refractivity contribution in [2.75, 3.05) is 24.8 Å². The summed E-state index contributed by atoms with van der Waals surface area (Å²) < 4.78 is 4.91. The number of aliphatic hydroxyl groups is 1. The molecule has 17 heavy (non-hydrogen) atoms. The first kappa shape index (κ1) is 13.4. The number of aromatic nitrogens is 3. The Hall–Kier alpha value is -1.63. The summed E-state index contributed by atoms with van der Waals surface area (Å²) in [7, 11) is 1.46. The Balaban J connectivity index is 2.81. The number of nitrogens with two attached hydrogens (primary N) is 1. The average Bonchev–Trinajstić information content (AvgIpc) is 2.27. The molecule has 0 spiro atoms. The van der Waals surface area contributed by atoms with E-state index < -0.39 is 0 Å². The van der Waals surface area contributed by atoms with Crippen LogP contribution in [0.15, 0.2) is 0 Å². The standard InChI is InChI=1S/C10H19N5O2/c1-6(2)7(4-5-16)12-9-13-8(11)14-10(15-9)17-3/h6-7,16H,4-5H2,1-3H3,(H3,11,12,13,14,15). The molecule has 0 aliphatic carbocycles. The second-order valence-electron chi connectivity index (χ2n) is 4.01. The third-order valence-corrected chi connectivity index (χ3v) is 2.37. The van der Waals surface area contributed by atoms with Gasteiger partial charge in [-0.25, -0.2) is 0 Å². The number of rotatable bonds is 6. The number of nitrogens with one attached hydrogen (secondary N) is 1. The number of ether oxygens (including phenoxy) is 1. The molecule has 1 aromatic heterocycles. The molecule has 7 heteroatoms. The SMILES string of the molecule is COc1nc(N)nc(NC(CCO)C(C)C)n1. The largest absolute Gasteiger partial charge is 0.467 e. The van der Waals surface area contributed by atoms with Gasteiger partial charge in [-0.2, -0.15) is 15.0 Å². The predicted octanol–water partition coefficient (Wildman–Crippen LogP) is 0.281. The van der Waals surface area contributed by atoms with Crippen molar-refractivity contribution in [2.45, 2.75) is 26.3 Å². The van der Waals surface area contributed by atoms with Crippen LogP contribution in [0.1, 0.15) is 20.3 Å². The van der Waals surface area contributed by atoms with Gasteiger partial charge in [0.15, 0.2) is 0 Å². The summed E-state index contributed by atoms with van der Waals surface area (Å²) in [5, 5.41) is 12.1. The third kappa shape index (κ3) is 4.03. The molecule has 4 N–H and O–H groups in total. The quantitative estimate of drug-likeness (QED) is 0.656. The van der Waals surface area contributed by atoms with Gasteiger partial charge in [0, 0.05) is 12.6 Å². The zero-order chi connectivity index (χ0) is 12.8. The predicted molar refractivity (Wildman–Crippen MR) is 64.7 cm³/mol. The molecule has 1 unspecified atom stereocenters. The number of methoxy groups -OCH3 is 1. The molecule has 0 aromatic carbocycles. The van der Waals surface area contributed by atoms with E-state index in [1.807, 2.05) is 0 Å². The summed E-state index contributed by atoms with van der Waals surface area (Å²) in [4.78, 5) is 11.8. The first-order chi connectivity index (χ1) is 8.06. The van der Waals surface area contributed by atoms with Crippen molar-refractivity contribution in [1.29, 1.82) is 0 Å². The van der Waals surface area contributed by atoms with Crippen LogP contribution in [0.4, 0.5) is 11.9 Å². The molecule has 0 bridgehead atoms. The van der Waals surface area contributed by atoms with Crippen molar-refractivity contribution in [3.05, 3.63) is 0 Å². The minimum absolute atomic E-state index is 0.0755. The van der Waals surface area contributed by atoms with Gasteiger partial charge in [-0.05, 0) is 12.3 Å². The molecule has 0 aliphatic rings. The van der Waals surface area contributed by atoms with Crippen molar-refractivity contribution in [3.63, 3.8) is 0 Å². The molecular weight excluding hydrogens is 222 g/mol. The van der Waals surface area contributed by atoms with E-state index >= 15 is 0 Å². The molecule has 0 saturated carbocycles. The first-order valence-electron chi connectivity index (χ1n) is 5.49. The van der Waals surface area contributed by atoms with Crippen molar-refractivity contribution >= 4 is 11.9 Å². The van der Waals surface area contributed by atoms with Gasteiger partial charge in [-0.1, -0.05) is 13.8 Å². The second-order valence-corrected chi connectivity index (χ2v) is 4.01. The van der Waals surface area contributed by atoms with Gasteiger partial charge < -0.3 is 20.9 Å². The molecule has 1 aromatic rings. The normalized spacial score (nSPS) is 12.5. The zero-order valence-electron chi connectivity index (χ0n) is 10.3. The third-order valence-electron chi connectivity index (χ3n) is 2.37. The molecule has 96 valence electrons. The second kappa shape index (κ2) is 6.19. The van der Waals surface area contributed by atoms with Crippen molar-refractivity contribution in [1.82, 2.24) is 15.0 Å².